The molecule has 0 N–H and O–H groups in total. The minimum absolute atomic E-state index is 0.0236. The first-order valence-corrected chi connectivity index (χ1v) is 10.3. The van der Waals surface area contributed by atoms with E-state index in [1.165, 1.54) is 11.3 Å². The summed E-state index contributed by atoms with van der Waals surface area (Å²) >= 11 is 1.51. The SMILES string of the molecule is COc1cc(-c2nc(C)cnc2C)cc2c1OCCN(C(=O)c1ccc(C)s1)C2. The number of aromatic nitrogens is 2. The Morgan fingerprint density at radius 3 is 2.79 bits per heavy atom. The van der Waals surface area contributed by atoms with Crippen molar-refractivity contribution in [1.29, 1.82) is 0 Å². The Labute approximate surface area is 174 Å². The van der Waals surface area contributed by atoms with Gasteiger partial charge in [-0.05, 0) is 45.0 Å². The Hall–Kier alpha value is -2.93. The lowest BCUT2D eigenvalue weighted by atomic mass is 10.0. The van der Waals surface area contributed by atoms with Crippen molar-refractivity contribution in [3.63, 3.8) is 0 Å². The molecule has 150 valence electrons. The van der Waals surface area contributed by atoms with Crippen LogP contribution in [0.2, 0.25) is 0 Å². The highest BCUT2D eigenvalue weighted by molar-refractivity contribution is 7.13. The second kappa shape index (κ2) is 7.83. The summed E-state index contributed by atoms with van der Waals surface area (Å²) < 4.78 is 11.6. The molecule has 2 aromatic heterocycles. The van der Waals surface area contributed by atoms with Crippen molar-refractivity contribution in [2.45, 2.75) is 27.3 Å². The van der Waals surface area contributed by atoms with E-state index in [4.69, 9.17) is 9.47 Å². The van der Waals surface area contributed by atoms with Gasteiger partial charge in [0.1, 0.15) is 6.61 Å². The third-order valence-electron chi connectivity index (χ3n) is 4.91. The van der Waals surface area contributed by atoms with Gasteiger partial charge in [-0.1, -0.05) is 0 Å². The van der Waals surface area contributed by atoms with Gasteiger partial charge in [-0.3, -0.25) is 9.78 Å². The van der Waals surface area contributed by atoms with E-state index in [2.05, 4.69) is 9.97 Å². The van der Waals surface area contributed by atoms with E-state index in [1.807, 2.05) is 49.9 Å². The molecule has 0 aliphatic carbocycles. The number of carbonyl (C=O) groups excluding carboxylic acids is 1. The Morgan fingerprint density at radius 1 is 1.24 bits per heavy atom. The summed E-state index contributed by atoms with van der Waals surface area (Å²) in [4.78, 5) is 25.8. The summed E-state index contributed by atoms with van der Waals surface area (Å²) in [6.45, 7) is 7.25. The fourth-order valence-electron chi connectivity index (χ4n) is 3.46. The lowest BCUT2D eigenvalue weighted by Gasteiger charge is -2.19. The van der Waals surface area contributed by atoms with Gasteiger partial charge in [0.2, 0.25) is 0 Å². The summed E-state index contributed by atoms with van der Waals surface area (Å²) in [5.41, 5.74) is 4.30. The molecule has 0 atom stereocenters. The van der Waals surface area contributed by atoms with Crippen LogP contribution in [0.25, 0.3) is 11.3 Å². The average Bonchev–Trinajstić information content (AvgIpc) is 3.03. The predicted octanol–water partition coefficient (Wildman–Crippen LogP) is 4.17. The third-order valence-corrected chi connectivity index (χ3v) is 5.90. The second-order valence-corrected chi connectivity index (χ2v) is 8.39. The molecule has 1 amide bonds. The molecule has 0 radical (unpaired) electrons. The summed E-state index contributed by atoms with van der Waals surface area (Å²) in [6, 6.07) is 7.81. The fraction of sp³-hybridized carbons (Fsp3) is 0.318. The van der Waals surface area contributed by atoms with E-state index in [1.54, 1.807) is 13.3 Å². The van der Waals surface area contributed by atoms with Gasteiger partial charge in [-0.25, -0.2) is 4.98 Å². The van der Waals surface area contributed by atoms with Crippen LogP contribution in [0.3, 0.4) is 0 Å². The highest BCUT2D eigenvalue weighted by Gasteiger charge is 2.25. The van der Waals surface area contributed by atoms with Crippen LogP contribution in [-0.2, 0) is 6.54 Å². The quantitative estimate of drug-likeness (QED) is 0.650. The van der Waals surface area contributed by atoms with Crippen LogP contribution in [0.1, 0.15) is 31.5 Å². The van der Waals surface area contributed by atoms with Gasteiger partial charge >= 0.3 is 0 Å². The number of aryl methyl sites for hydroxylation is 3. The first-order valence-electron chi connectivity index (χ1n) is 9.46. The molecule has 29 heavy (non-hydrogen) atoms. The lowest BCUT2D eigenvalue weighted by Crippen LogP contribution is -2.31. The number of amides is 1. The van der Waals surface area contributed by atoms with Crippen molar-refractivity contribution >= 4 is 17.2 Å². The Morgan fingerprint density at radius 2 is 2.07 bits per heavy atom. The molecule has 1 aromatic carbocycles. The normalized spacial score (nSPS) is 13.4. The topological polar surface area (TPSA) is 64.6 Å². The summed E-state index contributed by atoms with van der Waals surface area (Å²) in [7, 11) is 1.62. The monoisotopic (exact) mass is 409 g/mol. The van der Waals surface area contributed by atoms with E-state index in [0.29, 0.717) is 31.2 Å². The van der Waals surface area contributed by atoms with Gasteiger partial charge in [0, 0.05) is 28.7 Å². The molecule has 6 nitrogen and oxygen atoms in total. The maximum Gasteiger partial charge on any atom is 0.264 e. The zero-order valence-electron chi connectivity index (χ0n) is 17.0. The first kappa shape index (κ1) is 19.4. The number of nitrogens with zero attached hydrogens (tertiary/aromatic N) is 3. The molecule has 3 aromatic rings. The van der Waals surface area contributed by atoms with Crippen molar-refractivity contribution in [3.8, 4) is 22.8 Å². The maximum absolute atomic E-state index is 13.0. The highest BCUT2D eigenvalue weighted by atomic mass is 32.1. The third kappa shape index (κ3) is 3.82. The Kier molecular flexibility index (Phi) is 5.24. The van der Waals surface area contributed by atoms with Crippen LogP contribution in [0.4, 0.5) is 0 Å². The fourth-order valence-corrected chi connectivity index (χ4v) is 4.30. The van der Waals surface area contributed by atoms with Gasteiger partial charge in [-0.2, -0.15) is 0 Å². The van der Waals surface area contributed by atoms with E-state index in [9.17, 15) is 4.79 Å². The Bertz CT molecular complexity index is 1080. The first-order chi connectivity index (χ1) is 14.0. The summed E-state index contributed by atoms with van der Waals surface area (Å²) in [5.74, 6) is 1.35. The maximum atomic E-state index is 13.0. The smallest absolute Gasteiger partial charge is 0.264 e. The highest BCUT2D eigenvalue weighted by Crippen LogP contribution is 2.38. The van der Waals surface area contributed by atoms with Gasteiger partial charge < -0.3 is 14.4 Å². The molecule has 4 rings (SSSR count). The molecule has 1 aliphatic rings. The predicted molar refractivity (Wildman–Crippen MR) is 113 cm³/mol. The number of carbonyl (C=O) groups is 1. The molecule has 3 heterocycles. The molecule has 0 fully saturated rings. The number of thiophene rings is 1. The average molecular weight is 410 g/mol. The number of hydrogen-bond donors (Lipinski definition) is 0. The zero-order chi connectivity index (χ0) is 20.5. The largest absolute Gasteiger partial charge is 0.493 e. The molecule has 0 saturated heterocycles. The van der Waals surface area contributed by atoms with Crippen LogP contribution in [0.15, 0.2) is 30.5 Å². The van der Waals surface area contributed by atoms with Gasteiger partial charge in [0.05, 0.1) is 35.6 Å². The number of rotatable bonds is 3. The number of fused-ring (bicyclic) bond motifs is 1. The van der Waals surface area contributed by atoms with Gasteiger partial charge in [0.25, 0.3) is 5.91 Å². The molecule has 1 aliphatic heterocycles. The standard InChI is InChI=1S/C22H23N3O3S/c1-13-11-23-15(3)20(24-13)16-9-17-12-25(22(26)19-6-5-14(2)29-19)7-8-28-21(17)18(10-16)27-4/h5-6,9-11H,7-8,12H2,1-4H3. The second-order valence-electron chi connectivity index (χ2n) is 7.10. The van der Waals surface area contributed by atoms with Crippen LogP contribution in [-0.4, -0.2) is 41.0 Å². The molecule has 0 bridgehead atoms. The van der Waals surface area contributed by atoms with E-state index in [0.717, 1.165) is 38.0 Å². The lowest BCUT2D eigenvalue weighted by molar-refractivity contribution is 0.0738. The molecule has 0 spiro atoms. The van der Waals surface area contributed by atoms with E-state index < -0.39 is 0 Å². The zero-order valence-corrected chi connectivity index (χ0v) is 17.8. The van der Waals surface area contributed by atoms with Gasteiger partial charge in [0.15, 0.2) is 11.5 Å². The van der Waals surface area contributed by atoms with Crippen molar-refractivity contribution in [2.75, 3.05) is 20.3 Å². The summed E-state index contributed by atoms with van der Waals surface area (Å²) in [5, 5.41) is 0. The van der Waals surface area contributed by atoms with Gasteiger partial charge in [-0.15, -0.1) is 11.3 Å². The van der Waals surface area contributed by atoms with Crippen molar-refractivity contribution in [2.24, 2.45) is 0 Å². The molecular weight excluding hydrogens is 386 g/mol. The van der Waals surface area contributed by atoms with Crippen LogP contribution < -0.4 is 9.47 Å². The van der Waals surface area contributed by atoms with Crippen molar-refractivity contribution in [1.82, 2.24) is 14.9 Å². The molecule has 0 saturated carbocycles. The molecule has 0 unspecified atom stereocenters. The Balaban J connectivity index is 1.75. The molecule has 7 heteroatoms. The van der Waals surface area contributed by atoms with Crippen LogP contribution >= 0.6 is 11.3 Å². The number of benzene rings is 1. The number of methoxy groups -OCH3 is 1. The number of ether oxygens (including phenoxy) is 2. The number of hydrogen-bond acceptors (Lipinski definition) is 6. The minimum atomic E-state index is 0.0236. The van der Waals surface area contributed by atoms with Crippen LogP contribution in [0.5, 0.6) is 11.5 Å². The van der Waals surface area contributed by atoms with E-state index in [-0.39, 0.29) is 5.91 Å². The van der Waals surface area contributed by atoms with E-state index >= 15 is 0 Å². The summed E-state index contributed by atoms with van der Waals surface area (Å²) in [6.07, 6.45) is 1.76. The molecular formula is C22H23N3O3S. The van der Waals surface area contributed by atoms with Crippen molar-refractivity contribution in [3.05, 3.63) is 57.2 Å². The van der Waals surface area contributed by atoms with Crippen LogP contribution in [0, 0.1) is 20.8 Å². The van der Waals surface area contributed by atoms with Crippen molar-refractivity contribution < 1.29 is 14.3 Å². The minimum Gasteiger partial charge on any atom is -0.493 e.